The lowest BCUT2D eigenvalue weighted by Gasteiger charge is -2.18. The summed E-state index contributed by atoms with van der Waals surface area (Å²) in [6.07, 6.45) is 1.95. The molecule has 0 saturated heterocycles. The number of halogens is 1. The highest BCUT2D eigenvalue weighted by molar-refractivity contribution is 5.85. The van der Waals surface area contributed by atoms with Gasteiger partial charge in [-0.25, -0.2) is 0 Å². The van der Waals surface area contributed by atoms with E-state index in [2.05, 4.69) is 5.32 Å². The molecule has 2 rings (SSSR count). The lowest BCUT2D eigenvalue weighted by atomic mass is 9.99. The van der Waals surface area contributed by atoms with Crippen molar-refractivity contribution in [3.8, 4) is 11.5 Å². The van der Waals surface area contributed by atoms with Crippen molar-refractivity contribution >= 4 is 18.3 Å². The molecule has 130 valence electrons. The third-order valence-electron chi connectivity index (χ3n) is 4.31. The molecule has 0 radical (unpaired) electrons. The van der Waals surface area contributed by atoms with E-state index in [4.69, 9.17) is 15.2 Å². The zero-order valence-electron chi connectivity index (χ0n) is 14.2. The van der Waals surface area contributed by atoms with Crippen LogP contribution in [0.4, 0.5) is 0 Å². The highest BCUT2D eigenvalue weighted by Gasteiger charge is 2.23. The van der Waals surface area contributed by atoms with Gasteiger partial charge >= 0.3 is 0 Å². The van der Waals surface area contributed by atoms with Crippen molar-refractivity contribution in [3.05, 3.63) is 23.3 Å². The van der Waals surface area contributed by atoms with E-state index in [1.54, 1.807) is 7.11 Å². The number of methoxy groups -OCH3 is 1. The standard InChI is InChI=1S/C17H26N2O3.ClH/c1-5-10(2)16(18)17(20)19-9-13-8-15-12(6-11(3)22-15)7-14(13)21-4;/h7-8,10-11,16H,5-6,9,18H2,1-4H3,(H,19,20);1H. The SMILES string of the molecule is CCC(C)C(N)C(=O)NCc1cc2c(cc1OC)CC(C)O2.Cl. The molecule has 6 heteroatoms. The monoisotopic (exact) mass is 342 g/mol. The first-order valence-electron chi connectivity index (χ1n) is 7.86. The van der Waals surface area contributed by atoms with Crippen molar-refractivity contribution in [2.24, 2.45) is 11.7 Å². The molecule has 0 aliphatic carbocycles. The summed E-state index contributed by atoms with van der Waals surface area (Å²) < 4.78 is 11.2. The molecule has 1 aliphatic rings. The highest BCUT2D eigenvalue weighted by Crippen LogP contribution is 2.34. The van der Waals surface area contributed by atoms with Crippen LogP contribution in [0.1, 0.15) is 38.3 Å². The van der Waals surface area contributed by atoms with Crippen LogP contribution in [0.3, 0.4) is 0 Å². The van der Waals surface area contributed by atoms with Gasteiger partial charge in [-0.05, 0) is 25.0 Å². The molecule has 3 atom stereocenters. The van der Waals surface area contributed by atoms with Crippen LogP contribution in [-0.4, -0.2) is 25.2 Å². The van der Waals surface area contributed by atoms with Gasteiger partial charge in [-0.15, -0.1) is 12.4 Å². The Morgan fingerprint density at radius 2 is 2.22 bits per heavy atom. The quantitative estimate of drug-likeness (QED) is 0.832. The fraction of sp³-hybridized carbons (Fsp3) is 0.588. The minimum atomic E-state index is -0.485. The first kappa shape index (κ1) is 19.6. The summed E-state index contributed by atoms with van der Waals surface area (Å²) in [6.45, 7) is 6.44. The second-order valence-electron chi connectivity index (χ2n) is 6.03. The average molecular weight is 343 g/mol. The van der Waals surface area contributed by atoms with Gasteiger partial charge in [-0.3, -0.25) is 4.79 Å². The Kier molecular flexibility index (Phi) is 7.16. The molecule has 0 saturated carbocycles. The van der Waals surface area contributed by atoms with E-state index in [-0.39, 0.29) is 30.3 Å². The summed E-state index contributed by atoms with van der Waals surface area (Å²) in [5, 5.41) is 2.89. The van der Waals surface area contributed by atoms with Crippen LogP contribution in [0.5, 0.6) is 11.5 Å². The summed E-state index contributed by atoms with van der Waals surface area (Å²) in [4.78, 5) is 12.1. The second kappa shape index (κ2) is 8.41. The minimum Gasteiger partial charge on any atom is -0.496 e. The smallest absolute Gasteiger partial charge is 0.237 e. The third-order valence-corrected chi connectivity index (χ3v) is 4.31. The van der Waals surface area contributed by atoms with Crippen LogP contribution >= 0.6 is 12.4 Å². The van der Waals surface area contributed by atoms with Crippen LogP contribution in [0.2, 0.25) is 0 Å². The van der Waals surface area contributed by atoms with Gasteiger partial charge in [0.2, 0.25) is 5.91 Å². The Labute approximate surface area is 144 Å². The molecule has 1 aromatic rings. The highest BCUT2D eigenvalue weighted by atomic mass is 35.5. The predicted molar refractivity (Wildman–Crippen MR) is 93.3 cm³/mol. The maximum Gasteiger partial charge on any atom is 0.237 e. The van der Waals surface area contributed by atoms with E-state index in [0.717, 1.165) is 35.5 Å². The number of amides is 1. The fourth-order valence-corrected chi connectivity index (χ4v) is 2.62. The fourth-order valence-electron chi connectivity index (χ4n) is 2.62. The van der Waals surface area contributed by atoms with E-state index in [0.29, 0.717) is 6.54 Å². The number of rotatable bonds is 6. The molecule has 3 N–H and O–H groups in total. The van der Waals surface area contributed by atoms with Crippen LogP contribution in [0.25, 0.3) is 0 Å². The topological polar surface area (TPSA) is 73.6 Å². The second-order valence-corrected chi connectivity index (χ2v) is 6.03. The number of nitrogens with two attached hydrogens (primary N) is 1. The van der Waals surface area contributed by atoms with Gasteiger partial charge in [0.05, 0.1) is 13.2 Å². The van der Waals surface area contributed by atoms with E-state index in [1.807, 2.05) is 32.9 Å². The van der Waals surface area contributed by atoms with Gasteiger partial charge in [-0.1, -0.05) is 20.3 Å². The predicted octanol–water partition coefficient (Wildman–Crippen LogP) is 2.43. The number of hydrogen-bond donors (Lipinski definition) is 2. The van der Waals surface area contributed by atoms with Gasteiger partial charge < -0.3 is 20.5 Å². The summed E-state index contributed by atoms with van der Waals surface area (Å²) >= 11 is 0. The number of carbonyl (C=O) groups is 1. The van der Waals surface area contributed by atoms with E-state index in [1.165, 1.54) is 0 Å². The Balaban J connectivity index is 0.00000264. The summed E-state index contributed by atoms with van der Waals surface area (Å²) in [7, 11) is 1.64. The zero-order valence-corrected chi connectivity index (χ0v) is 15.0. The van der Waals surface area contributed by atoms with E-state index >= 15 is 0 Å². The molecular formula is C17H27ClN2O3. The van der Waals surface area contributed by atoms with Crippen LogP contribution < -0.4 is 20.5 Å². The van der Waals surface area contributed by atoms with Gasteiger partial charge in [0.1, 0.15) is 17.6 Å². The summed E-state index contributed by atoms with van der Waals surface area (Å²) in [5.74, 6) is 1.68. The molecule has 0 spiro atoms. The summed E-state index contributed by atoms with van der Waals surface area (Å²) in [6, 6.07) is 3.46. The first-order chi connectivity index (χ1) is 10.5. The molecule has 1 amide bonds. The van der Waals surface area contributed by atoms with Crippen molar-refractivity contribution < 1.29 is 14.3 Å². The van der Waals surface area contributed by atoms with Gasteiger partial charge in [0.15, 0.2) is 0 Å². The number of benzene rings is 1. The van der Waals surface area contributed by atoms with Crippen molar-refractivity contribution in [2.45, 2.75) is 52.3 Å². The first-order valence-corrected chi connectivity index (χ1v) is 7.86. The largest absolute Gasteiger partial charge is 0.496 e. The number of carbonyl (C=O) groups excluding carboxylic acids is 1. The number of nitrogens with one attached hydrogen (secondary N) is 1. The van der Waals surface area contributed by atoms with Crippen LogP contribution in [0, 0.1) is 5.92 Å². The van der Waals surface area contributed by atoms with E-state index < -0.39 is 6.04 Å². The zero-order chi connectivity index (χ0) is 16.3. The molecule has 0 fully saturated rings. The minimum absolute atomic E-state index is 0. The number of fused-ring (bicyclic) bond motifs is 1. The Morgan fingerprint density at radius 1 is 1.52 bits per heavy atom. The third kappa shape index (κ3) is 4.52. The normalized spacial score (nSPS) is 18.2. The number of hydrogen-bond acceptors (Lipinski definition) is 4. The van der Waals surface area contributed by atoms with Crippen molar-refractivity contribution in [1.29, 1.82) is 0 Å². The molecule has 23 heavy (non-hydrogen) atoms. The van der Waals surface area contributed by atoms with Gasteiger partial charge in [0.25, 0.3) is 0 Å². The van der Waals surface area contributed by atoms with Crippen LogP contribution in [-0.2, 0) is 17.8 Å². The van der Waals surface area contributed by atoms with Crippen LogP contribution in [0.15, 0.2) is 12.1 Å². The van der Waals surface area contributed by atoms with Gasteiger partial charge in [0, 0.05) is 24.1 Å². The molecule has 0 bridgehead atoms. The molecule has 1 heterocycles. The Bertz CT molecular complexity index is 551. The number of ether oxygens (including phenoxy) is 2. The maximum absolute atomic E-state index is 12.1. The van der Waals surface area contributed by atoms with E-state index in [9.17, 15) is 4.79 Å². The van der Waals surface area contributed by atoms with Crippen molar-refractivity contribution in [3.63, 3.8) is 0 Å². The van der Waals surface area contributed by atoms with Crippen molar-refractivity contribution in [2.75, 3.05) is 7.11 Å². The Morgan fingerprint density at radius 3 is 2.83 bits per heavy atom. The van der Waals surface area contributed by atoms with Gasteiger partial charge in [-0.2, -0.15) is 0 Å². The molecular weight excluding hydrogens is 316 g/mol. The molecule has 3 unspecified atom stereocenters. The average Bonchev–Trinajstić information content (AvgIpc) is 2.88. The molecule has 5 nitrogen and oxygen atoms in total. The lowest BCUT2D eigenvalue weighted by Crippen LogP contribution is -2.44. The molecule has 1 aromatic carbocycles. The molecule has 1 aliphatic heterocycles. The van der Waals surface area contributed by atoms with Crippen molar-refractivity contribution in [1.82, 2.24) is 5.32 Å². The molecule has 0 aromatic heterocycles. The Hall–Kier alpha value is -1.46. The maximum atomic E-state index is 12.1. The summed E-state index contributed by atoms with van der Waals surface area (Å²) in [5.41, 5.74) is 8.00. The lowest BCUT2D eigenvalue weighted by molar-refractivity contribution is -0.123.